The van der Waals surface area contributed by atoms with Crippen molar-refractivity contribution in [2.45, 2.75) is 0 Å². The number of benzene rings is 16. The molecule has 0 N–H and O–H groups in total. The van der Waals surface area contributed by atoms with Gasteiger partial charge in [0.25, 0.3) is 0 Å². The van der Waals surface area contributed by atoms with Gasteiger partial charge in [0.15, 0.2) is 0 Å². The predicted molar refractivity (Wildman–Crippen MR) is 508 cm³/mol. The van der Waals surface area contributed by atoms with Crippen LogP contribution in [0.15, 0.2) is 425 Å². The van der Waals surface area contributed by atoms with Crippen molar-refractivity contribution in [2.75, 3.05) is 0 Å². The Morgan fingerprint density at radius 3 is 0.893 bits per heavy atom. The summed E-state index contributed by atoms with van der Waals surface area (Å²) in [4.78, 5) is 41.3. The lowest BCUT2D eigenvalue weighted by Crippen LogP contribution is -1.93. The van der Waals surface area contributed by atoms with Crippen LogP contribution in [0.1, 0.15) is 0 Å². The molecule has 0 saturated heterocycles. The van der Waals surface area contributed by atoms with Crippen LogP contribution in [0, 0.1) is 0 Å². The van der Waals surface area contributed by atoms with E-state index in [0.29, 0.717) is 0 Å². The fraction of sp³-hybridized carbons (Fsp3) is 0. The molecule has 8 nitrogen and oxygen atoms in total. The first-order chi connectivity index (χ1) is 60.4. The lowest BCUT2D eigenvalue weighted by molar-refractivity contribution is 1.37. The predicted octanol–water partition coefficient (Wildman–Crippen LogP) is 29.6. The van der Waals surface area contributed by atoms with Gasteiger partial charge in [0, 0.05) is 88.2 Å². The van der Waals surface area contributed by atoms with Crippen molar-refractivity contribution >= 4 is 120 Å². The van der Waals surface area contributed by atoms with E-state index in [4.69, 9.17) is 34.9 Å². The molecule has 24 aromatic rings. The monoisotopic (exact) mass is 1550 g/mol. The molecule has 0 aliphatic heterocycles. The minimum absolute atomic E-state index is 0.897. The molecule has 8 heteroatoms. The summed E-state index contributed by atoms with van der Waals surface area (Å²) in [5, 5.41) is 15.6. The molecule has 0 spiro atoms. The maximum Gasteiger partial charge on any atom is 0.0972 e. The molecule has 24 rings (SSSR count). The number of nitrogens with zero attached hydrogens (tertiary/aromatic N) is 8. The Kier molecular flexibility index (Phi) is 17.4. The van der Waals surface area contributed by atoms with Crippen molar-refractivity contribution in [3.05, 3.63) is 425 Å². The fourth-order valence-electron chi connectivity index (χ4n) is 17.7. The molecule has 8 heterocycles. The van der Waals surface area contributed by atoms with E-state index < -0.39 is 0 Å². The topological polar surface area (TPSA) is 103 Å². The smallest absolute Gasteiger partial charge is 0.0972 e. The summed E-state index contributed by atoms with van der Waals surface area (Å²) in [6.07, 6.45) is 1.84. The average molecular weight is 1550 g/mol. The largest absolute Gasteiger partial charge is 0.254 e. The number of hydrogen-bond acceptors (Lipinski definition) is 8. The summed E-state index contributed by atoms with van der Waals surface area (Å²) in [5.41, 5.74) is 30.7. The molecular weight excluding hydrogens is 1480 g/mol. The summed E-state index contributed by atoms with van der Waals surface area (Å²) in [6, 6.07) is 148. The number of aromatic nitrogens is 8. The Morgan fingerprint density at radius 1 is 0.131 bits per heavy atom. The third-order valence-corrected chi connectivity index (χ3v) is 23.9. The van der Waals surface area contributed by atoms with Gasteiger partial charge in [0.1, 0.15) is 0 Å². The van der Waals surface area contributed by atoms with Crippen molar-refractivity contribution in [1.29, 1.82) is 0 Å². The Hall–Kier alpha value is -16.4. The minimum atomic E-state index is 0.897. The quantitative estimate of drug-likeness (QED) is 0.118. The molecule has 0 saturated carbocycles. The van der Waals surface area contributed by atoms with Gasteiger partial charge in [-0.3, -0.25) is 4.98 Å². The van der Waals surface area contributed by atoms with E-state index in [0.717, 1.165) is 204 Å². The standard InChI is InChI=1S/C58H36N4.C56H34N4/c1-3-10-37(11-4-1)45-32-46(38-12-5-2-6-13-38)34-47(33-45)43-21-17-39-23-28-52(60-55(39)35-43)44-22-18-40-24-29-53(61-56(40)36-44)50-26-27-51(49-16-8-7-15-48(49)50)54-30-25-42-20-19-41-14-9-31-59-57(41)58(42)62-54;1-2-10-36(11-3-1)49-30-25-39-19-20-40-26-32-52(60-56(40)55(39)59-49)48-28-27-47(45-14-6-7-15-46(45)48)51-31-24-38-18-22-42(34-54(38)58-51)50-29-23-37-17-21-41(33-53(37)57-50)44-16-8-12-35-9-4-5-13-43(35)44/h1-36H;1-34H. The molecular formula is C114H70N8. The van der Waals surface area contributed by atoms with Gasteiger partial charge < -0.3 is 0 Å². The van der Waals surface area contributed by atoms with Gasteiger partial charge in [-0.2, -0.15) is 0 Å². The van der Waals surface area contributed by atoms with Crippen LogP contribution in [0.3, 0.4) is 0 Å². The van der Waals surface area contributed by atoms with Crippen molar-refractivity contribution in [3.63, 3.8) is 0 Å². The summed E-state index contributed by atoms with van der Waals surface area (Å²) in [7, 11) is 0. The number of rotatable bonds is 11. The third-order valence-electron chi connectivity index (χ3n) is 23.9. The average Bonchev–Trinajstić information content (AvgIpc) is 0.754. The Bertz CT molecular complexity index is 8280. The van der Waals surface area contributed by atoms with Crippen LogP contribution < -0.4 is 0 Å². The number of fused-ring (bicyclic) bond motifs is 13. The summed E-state index contributed by atoms with van der Waals surface area (Å²) in [6.45, 7) is 0. The maximum atomic E-state index is 5.31. The van der Waals surface area contributed by atoms with Gasteiger partial charge in [-0.1, -0.05) is 328 Å². The van der Waals surface area contributed by atoms with Crippen LogP contribution in [0.2, 0.25) is 0 Å². The van der Waals surface area contributed by atoms with Gasteiger partial charge in [-0.15, -0.1) is 0 Å². The summed E-state index contributed by atoms with van der Waals surface area (Å²) >= 11 is 0. The second kappa shape index (κ2) is 29.9. The molecule has 0 atom stereocenters. The zero-order valence-corrected chi connectivity index (χ0v) is 66.0. The van der Waals surface area contributed by atoms with Crippen LogP contribution in [-0.2, 0) is 0 Å². The molecule has 0 bridgehead atoms. The molecule has 0 aliphatic rings. The van der Waals surface area contributed by atoms with Crippen LogP contribution in [0.4, 0.5) is 0 Å². The second-order valence-corrected chi connectivity index (χ2v) is 31.3. The summed E-state index contributed by atoms with van der Waals surface area (Å²) in [5.74, 6) is 0. The van der Waals surface area contributed by atoms with Crippen LogP contribution >= 0.6 is 0 Å². The molecule has 0 unspecified atom stereocenters. The molecule has 8 aromatic heterocycles. The highest BCUT2D eigenvalue weighted by Gasteiger charge is 2.20. The van der Waals surface area contributed by atoms with Crippen molar-refractivity contribution in [2.24, 2.45) is 0 Å². The highest BCUT2D eigenvalue weighted by Crippen LogP contribution is 2.42. The highest BCUT2D eigenvalue weighted by molar-refractivity contribution is 6.11. The van der Waals surface area contributed by atoms with E-state index >= 15 is 0 Å². The van der Waals surface area contributed by atoms with Crippen LogP contribution in [-0.4, -0.2) is 39.9 Å². The maximum absolute atomic E-state index is 5.31. The molecule has 566 valence electrons. The van der Waals surface area contributed by atoms with Gasteiger partial charge in [0.05, 0.1) is 84.0 Å². The molecule has 0 aliphatic carbocycles. The van der Waals surface area contributed by atoms with E-state index in [2.05, 4.69) is 399 Å². The fourth-order valence-corrected chi connectivity index (χ4v) is 17.7. The first-order valence-electron chi connectivity index (χ1n) is 41.2. The minimum Gasteiger partial charge on any atom is -0.254 e. The van der Waals surface area contributed by atoms with Crippen LogP contribution in [0.25, 0.3) is 243 Å². The van der Waals surface area contributed by atoms with Crippen molar-refractivity contribution in [3.8, 4) is 123 Å². The normalized spacial score (nSPS) is 11.6. The van der Waals surface area contributed by atoms with E-state index in [-0.39, 0.29) is 0 Å². The molecule has 0 radical (unpaired) electrons. The molecule has 122 heavy (non-hydrogen) atoms. The van der Waals surface area contributed by atoms with E-state index in [1.165, 1.54) is 38.6 Å². The number of hydrogen-bond donors (Lipinski definition) is 0. The van der Waals surface area contributed by atoms with E-state index in [1.807, 2.05) is 30.5 Å². The summed E-state index contributed by atoms with van der Waals surface area (Å²) < 4.78 is 0. The Morgan fingerprint density at radius 2 is 0.426 bits per heavy atom. The Balaban J connectivity index is 0.000000142. The van der Waals surface area contributed by atoms with E-state index in [9.17, 15) is 0 Å². The van der Waals surface area contributed by atoms with Crippen molar-refractivity contribution in [1.82, 2.24) is 39.9 Å². The number of pyridine rings is 8. The highest BCUT2D eigenvalue weighted by atomic mass is 14.8. The van der Waals surface area contributed by atoms with E-state index in [1.54, 1.807) is 0 Å². The molecule has 0 fully saturated rings. The molecule has 16 aromatic carbocycles. The van der Waals surface area contributed by atoms with Gasteiger partial charge >= 0.3 is 0 Å². The second-order valence-electron chi connectivity index (χ2n) is 31.3. The SMILES string of the molecule is c1ccc(-c2cc(-c3ccccc3)cc(-c3ccc4ccc(-c5ccc6ccc(-c7ccc(-c8ccc9ccc%10cccnc%10c9n8)c8ccccc78)nc6c5)nc4c3)c2)cc1.c1ccc(-c2ccc3ccc4ccc(-c5ccc(-c6ccc7ccc(-c8ccc9ccc(-c%10cccc%11ccccc%10%11)cc9n8)cc7n6)c6ccccc56)nc4c3n2)cc1. The first-order valence-corrected chi connectivity index (χ1v) is 41.2. The zero-order chi connectivity index (χ0) is 80.6. The first kappa shape index (κ1) is 70.9. The van der Waals surface area contributed by atoms with Crippen LogP contribution in [0.5, 0.6) is 0 Å². The lowest BCUT2D eigenvalue weighted by Gasteiger charge is -2.13. The van der Waals surface area contributed by atoms with Crippen molar-refractivity contribution < 1.29 is 0 Å². The Labute approximate surface area is 702 Å². The van der Waals surface area contributed by atoms with Gasteiger partial charge in [-0.25, -0.2) is 34.9 Å². The molecule has 0 amide bonds. The van der Waals surface area contributed by atoms with Gasteiger partial charge in [0.2, 0.25) is 0 Å². The lowest BCUT2D eigenvalue weighted by atomic mass is 9.93. The third kappa shape index (κ3) is 13.1. The van der Waals surface area contributed by atoms with Gasteiger partial charge in [-0.05, 0) is 168 Å². The zero-order valence-electron chi connectivity index (χ0n) is 66.0.